The minimum absolute atomic E-state index is 0.219. The lowest BCUT2D eigenvalue weighted by atomic mass is 10.5. The zero-order valence-electron chi connectivity index (χ0n) is 5.85. The predicted octanol–water partition coefficient (Wildman–Crippen LogP) is 1.29. The minimum atomic E-state index is 0.219. The van der Waals surface area contributed by atoms with E-state index in [9.17, 15) is 4.79 Å². The average molecular weight is 241 g/mol. The third-order valence-electron chi connectivity index (χ3n) is 1.24. The van der Waals surface area contributed by atoms with E-state index in [0.717, 1.165) is 13.1 Å². The first kappa shape index (κ1) is 9.36. The lowest BCUT2D eigenvalue weighted by Gasteiger charge is -2.14. The van der Waals surface area contributed by atoms with E-state index in [4.69, 9.17) is 0 Å². The molecule has 0 aromatic carbocycles. The molecule has 0 amide bonds. The summed E-state index contributed by atoms with van der Waals surface area (Å²) in [5, 5.41) is 0. The second-order valence-corrected chi connectivity index (χ2v) is 3.02. The first-order valence-electron chi connectivity index (χ1n) is 3.11. The van der Waals surface area contributed by atoms with Gasteiger partial charge in [0, 0.05) is 22.6 Å². The number of nitrogens with zero attached hydrogens (tertiary/aromatic N) is 1. The highest BCUT2D eigenvalue weighted by atomic mass is 127. The second kappa shape index (κ2) is 5.17. The van der Waals surface area contributed by atoms with Crippen molar-refractivity contribution in [3.8, 4) is 0 Å². The van der Waals surface area contributed by atoms with Gasteiger partial charge in [-0.05, 0) is 13.1 Å². The fraction of sp³-hybridized carbons (Fsp3) is 0.833. The third kappa shape index (κ3) is 4.84. The normalized spacial score (nSPS) is 10.2. The second-order valence-electron chi connectivity index (χ2n) is 1.82. The van der Waals surface area contributed by atoms with Crippen LogP contribution in [0.2, 0.25) is 0 Å². The Kier molecular flexibility index (Phi) is 5.38. The Hall–Kier alpha value is 0.360. The lowest BCUT2D eigenvalue weighted by molar-refractivity contribution is -0.110. The Balaban J connectivity index is 3.43. The summed E-state index contributed by atoms with van der Waals surface area (Å²) in [6, 6.07) is 0. The van der Waals surface area contributed by atoms with Crippen molar-refractivity contribution >= 4 is 26.4 Å². The number of rotatable bonds is 4. The number of hydrogen-bond donors (Lipinski definition) is 0. The van der Waals surface area contributed by atoms with Crippen molar-refractivity contribution < 1.29 is 4.79 Å². The Morgan fingerprint density at radius 3 is 2.00 bits per heavy atom. The molecule has 0 radical (unpaired) electrons. The van der Waals surface area contributed by atoms with Crippen LogP contribution in [0, 0.1) is 0 Å². The van der Waals surface area contributed by atoms with E-state index in [0.29, 0.717) is 6.54 Å². The molecule has 0 spiro atoms. The van der Waals surface area contributed by atoms with E-state index in [1.165, 1.54) is 0 Å². The van der Waals surface area contributed by atoms with E-state index >= 15 is 0 Å². The number of carbonyl (C=O) groups excluding carboxylic acids is 1. The van der Waals surface area contributed by atoms with Gasteiger partial charge < -0.3 is 0 Å². The van der Waals surface area contributed by atoms with Crippen molar-refractivity contribution in [1.29, 1.82) is 0 Å². The van der Waals surface area contributed by atoms with Crippen molar-refractivity contribution in [3.63, 3.8) is 0 Å². The topological polar surface area (TPSA) is 20.3 Å². The van der Waals surface area contributed by atoms with Gasteiger partial charge in [-0.3, -0.25) is 9.69 Å². The highest BCUT2D eigenvalue weighted by Crippen LogP contribution is 1.91. The van der Waals surface area contributed by atoms with Crippen LogP contribution in [0.25, 0.3) is 0 Å². The highest BCUT2D eigenvalue weighted by molar-refractivity contribution is 14.1. The fourth-order valence-corrected chi connectivity index (χ4v) is 1.11. The molecule has 0 bridgehead atoms. The summed E-state index contributed by atoms with van der Waals surface area (Å²) >= 11 is 1.82. The molecule has 0 rings (SSSR count). The molecule has 0 aromatic rings. The van der Waals surface area contributed by atoms with Crippen molar-refractivity contribution in [2.24, 2.45) is 0 Å². The summed E-state index contributed by atoms with van der Waals surface area (Å²) in [5.74, 6) is 0. The third-order valence-corrected chi connectivity index (χ3v) is 1.58. The molecule has 0 N–H and O–H groups in total. The summed E-state index contributed by atoms with van der Waals surface area (Å²) in [4.78, 5) is 12.6. The molecular weight excluding hydrogens is 229 g/mol. The van der Waals surface area contributed by atoms with Gasteiger partial charge in [-0.1, -0.05) is 13.8 Å². The molecule has 0 saturated heterocycles. The van der Waals surface area contributed by atoms with Gasteiger partial charge in [-0.2, -0.15) is 0 Å². The molecule has 0 atom stereocenters. The molecule has 9 heavy (non-hydrogen) atoms. The van der Waals surface area contributed by atoms with Gasteiger partial charge in [0.05, 0.1) is 6.54 Å². The van der Waals surface area contributed by atoms with Gasteiger partial charge in [0.2, 0.25) is 3.79 Å². The Bertz CT molecular complexity index is 91.1. The summed E-state index contributed by atoms with van der Waals surface area (Å²) in [5.41, 5.74) is 0. The smallest absolute Gasteiger partial charge is 0.206 e. The monoisotopic (exact) mass is 241 g/mol. The van der Waals surface area contributed by atoms with Gasteiger partial charge in [-0.15, -0.1) is 0 Å². The van der Waals surface area contributed by atoms with Crippen LogP contribution in [-0.4, -0.2) is 28.3 Å². The first-order valence-corrected chi connectivity index (χ1v) is 4.19. The Morgan fingerprint density at radius 1 is 1.44 bits per heavy atom. The van der Waals surface area contributed by atoms with Crippen molar-refractivity contribution in [1.82, 2.24) is 4.90 Å². The van der Waals surface area contributed by atoms with E-state index in [1.54, 1.807) is 0 Å². The average Bonchev–Trinajstić information content (AvgIpc) is 1.82. The van der Waals surface area contributed by atoms with E-state index < -0.39 is 0 Å². The summed E-state index contributed by atoms with van der Waals surface area (Å²) in [6.07, 6.45) is 0. The van der Waals surface area contributed by atoms with E-state index in [-0.39, 0.29) is 3.79 Å². The van der Waals surface area contributed by atoms with E-state index in [1.807, 2.05) is 22.6 Å². The molecule has 2 nitrogen and oxygen atoms in total. The van der Waals surface area contributed by atoms with Gasteiger partial charge >= 0.3 is 0 Å². The van der Waals surface area contributed by atoms with Crippen LogP contribution in [0.1, 0.15) is 13.8 Å². The fourth-order valence-electron chi connectivity index (χ4n) is 0.623. The van der Waals surface area contributed by atoms with Crippen LogP contribution >= 0.6 is 22.6 Å². The van der Waals surface area contributed by atoms with Crippen LogP contribution in [-0.2, 0) is 4.79 Å². The maximum atomic E-state index is 10.5. The lowest BCUT2D eigenvalue weighted by Crippen LogP contribution is -2.26. The standard InChI is InChI=1S/C6H12INO/c1-3-8(4-2)5-6(7)9/h3-5H2,1-2H3. The molecule has 0 heterocycles. The van der Waals surface area contributed by atoms with Crippen LogP contribution in [0.5, 0.6) is 0 Å². The molecule has 0 fully saturated rings. The Morgan fingerprint density at radius 2 is 1.89 bits per heavy atom. The van der Waals surface area contributed by atoms with E-state index in [2.05, 4.69) is 18.7 Å². The molecule has 3 heteroatoms. The van der Waals surface area contributed by atoms with Crippen LogP contribution in [0.15, 0.2) is 0 Å². The van der Waals surface area contributed by atoms with Gasteiger partial charge in [0.1, 0.15) is 0 Å². The van der Waals surface area contributed by atoms with Crippen molar-refractivity contribution in [3.05, 3.63) is 0 Å². The van der Waals surface area contributed by atoms with Crippen molar-refractivity contribution in [2.45, 2.75) is 13.8 Å². The summed E-state index contributed by atoms with van der Waals surface area (Å²) in [6.45, 7) is 6.64. The molecule has 0 aliphatic heterocycles. The van der Waals surface area contributed by atoms with Crippen LogP contribution in [0.3, 0.4) is 0 Å². The van der Waals surface area contributed by atoms with Gasteiger partial charge in [0.15, 0.2) is 0 Å². The zero-order chi connectivity index (χ0) is 7.28. The number of halogens is 1. The number of hydrogen-bond acceptors (Lipinski definition) is 2. The molecule has 0 unspecified atom stereocenters. The minimum Gasteiger partial charge on any atom is -0.296 e. The number of carbonyl (C=O) groups is 1. The quantitative estimate of drug-likeness (QED) is 0.546. The molecule has 0 saturated carbocycles. The first-order chi connectivity index (χ1) is 4.20. The molecule has 0 aliphatic rings. The van der Waals surface area contributed by atoms with Crippen molar-refractivity contribution in [2.75, 3.05) is 19.6 Å². The summed E-state index contributed by atoms with van der Waals surface area (Å²) in [7, 11) is 0. The van der Waals surface area contributed by atoms with Crippen LogP contribution in [0.4, 0.5) is 0 Å². The number of likely N-dealkylation sites (N-methyl/N-ethyl adjacent to an activating group) is 1. The van der Waals surface area contributed by atoms with Crippen LogP contribution < -0.4 is 0 Å². The van der Waals surface area contributed by atoms with Gasteiger partial charge in [-0.25, -0.2) is 0 Å². The summed E-state index contributed by atoms with van der Waals surface area (Å²) < 4.78 is 0.219. The van der Waals surface area contributed by atoms with Gasteiger partial charge in [0.25, 0.3) is 0 Å². The molecule has 0 aromatic heterocycles. The molecular formula is C6H12INO. The predicted molar refractivity (Wildman–Crippen MR) is 46.8 cm³/mol. The maximum Gasteiger partial charge on any atom is 0.206 e. The molecule has 54 valence electrons. The highest BCUT2D eigenvalue weighted by Gasteiger charge is 2.01. The largest absolute Gasteiger partial charge is 0.296 e. The SMILES string of the molecule is CCN(CC)CC(=O)I. The zero-order valence-corrected chi connectivity index (χ0v) is 8.01. The Labute approximate surface area is 69.7 Å². The molecule has 0 aliphatic carbocycles. The maximum absolute atomic E-state index is 10.5.